The molecule has 0 rings (SSSR count). The van der Waals surface area contributed by atoms with Gasteiger partial charge in [0.05, 0.1) is 18.8 Å². The topological polar surface area (TPSA) is 113 Å². The average molecular weight is 585 g/mol. The number of ether oxygens (including phenoxy) is 2. The maximum Gasteiger partial charge on any atom is 0.306 e. The van der Waals surface area contributed by atoms with Crippen LogP contribution in [-0.2, 0) is 19.1 Å². The summed E-state index contributed by atoms with van der Waals surface area (Å²) < 4.78 is 10.5. The number of aliphatic hydroxyl groups is 3. The average Bonchev–Trinajstić information content (AvgIpc) is 2.95. The van der Waals surface area contributed by atoms with E-state index in [-0.39, 0.29) is 25.6 Å². The molecule has 3 atom stereocenters. The van der Waals surface area contributed by atoms with Crippen molar-refractivity contribution >= 4 is 11.9 Å². The molecule has 41 heavy (non-hydrogen) atoms. The molecule has 0 spiro atoms. The summed E-state index contributed by atoms with van der Waals surface area (Å²) in [5, 5.41) is 29.7. The van der Waals surface area contributed by atoms with E-state index in [9.17, 15) is 24.9 Å². The van der Waals surface area contributed by atoms with Crippen LogP contribution in [0, 0.1) is 5.92 Å². The molecule has 0 aromatic carbocycles. The van der Waals surface area contributed by atoms with E-state index in [1.165, 1.54) is 51.4 Å². The summed E-state index contributed by atoms with van der Waals surface area (Å²) in [6.07, 6.45) is 21.6. The third-order valence-electron chi connectivity index (χ3n) is 7.44. The second-order valence-electron chi connectivity index (χ2n) is 12.0. The summed E-state index contributed by atoms with van der Waals surface area (Å²) in [6, 6.07) is 0. The van der Waals surface area contributed by atoms with Gasteiger partial charge in [0, 0.05) is 12.8 Å². The van der Waals surface area contributed by atoms with E-state index < -0.39 is 24.3 Å². The first-order valence-electron chi connectivity index (χ1n) is 16.8. The zero-order chi connectivity index (χ0) is 30.6. The Balaban J connectivity index is 3.74. The van der Waals surface area contributed by atoms with Gasteiger partial charge in [0.1, 0.15) is 6.61 Å². The molecule has 0 aliphatic carbocycles. The van der Waals surface area contributed by atoms with Crippen LogP contribution in [0.4, 0.5) is 0 Å². The summed E-state index contributed by atoms with van der Waals surface area (Å²) in [5.74, 6) is 0.0742. The van der Waals surface area contributed by atoms with E-state index in [0.29, 0.717) is 25.7 Å². The van der Waals surface area contributed by atoms with Crippen LogP contribution < -0.4 is 0 Å². The molecular weight excluding hydrogens is 520 g/mol. The van der Waals surface area contributed by atoms with Gasteiger partial charge in [-0.15, -0.1) is 0 Å². The van der Waals surface area contributed by atoms with Crippen molar-refractivity contribution in [2.24, 2.45) is 5.92 Å². The summed E-state index contributed by atoms with van der Waals surface area (Å²) in [5.41, 5.74) is 0. The van der Waals surface area contributed by atoms with Gasteiger partial charge in [0.15, 0.2) is 6.10 Å². The highest BCUT2D eigenvalue weighted by Crippen LogP contribution is 2.14. The minimum absolute atomic E-state index is 0.111. The number of hydrogen-bond acceptors (Lipinski definition) is 7. The van der Waals surface area contributed by atoms with Crippen molar-refractivity contribution in [3.8, 4) is 0 Å². The fourth-order valence-electron chi connectivity index (χ4n) is 4.70. The molecule has 0 heterocycles. The van der Waals surface area contributed by atoms with Crippen molar-refractivity contribution in [1.29, 1.82) is 0 Å². The molecular formula is C34H64O7. The fraction of sp³-hybridized carbons (Fsp3) is 0.882. The maximum atomic E-state index is 12.1. The van der Waals surface area contributed by atoms with Crippen molar-refractivity contribution in [1.82, 2.24) is 0 Å². The molecule has 0 amide bonds. The molecule has 0 saturated carbocycles. The summed E-state index contributed by atoms with van der Waals surface area (Å²) >= 11 is 0. The Hall–Kier alpha value is -1.44. The lowest BCUT2D eigenvalue weighted by molar-refractivity contribution is -0.161. The number of aliphatic hydroxyl groups excluding tert-OH is 3. The van der Waals surface area contributed by atoms with Gasteiger partial charge in [-0.1, -0.05) is 116 Å². The zero-order valence-corrected chi connectivity index (χ0v) is 26.7. The summed E-state index contributed by atoms with van der Waals surface area (Å²) in [7, 11) is 0. The molecule has 0 unspecified atom stereocenters. The van der Waals surface area contributed by atoms with Gasteiger partial charge in [-0.05, 0) is 44.4 Å². The highest BCUT2D eigenvalue weighted by atomic mass is 16.6. The Kier molecular flexibility index (Phi) is 27.7. The number of carbonyl (C=O) groups is 2. The van der Waals surface area contributed by atoms with Crippen LogP contribution in [0.5, 0.6) is 0 Å². The highest BCUT2D eigenvalue weighted by Gasteiger charge is 2.16. The summed E-state index contributed by atoms with van der Waals surface area (Å²) in [4.78, 5) is 24.1. The Morgan fingerprint density at radius 3 is 1.83 bits per heavy atom. The van der Waals surface area contributed by atoms with Crippen molar-refractivity contribution in [3.63, 3.8) is 0 Å². The lowest BCUT2D eigenvalue weighted by Crippen LogP contribution is -2.28. The van der Waals surface area contributed by atoms with E-state index in [1.54, 1.807) is 0 Å². The van der Waals surface area contributed by atoms with Gasteiger partial charge in [0.25, 0.3) is 0 Å². The molecule has 7 nitrogen and oxygen atoms in total. The predicted octanol–water partition coefficient (Wildman–Crippen LogP) is 7.58. The number of hydrogen-bond donors (Lipinski definition) is 3. The van der Waals surface area contributed by atoms with Crippen LogP contribution >= 0.6 is 0 Å². The quantitative estimate of drug-likeness (QED) is 0.0472. The fourth-order valence-corrected chi connectivity index (χ4v) is 4.70. The zero-order valence-electron chi connectivity index (χ0n) is 26.7. The van der Waals surface area contributed by atoms with Gasteiger partial charge < -0.3 is 24.8 Å². The third-order valence-corrected chi connectivity index (χ3v) is 7.44. The number of unbranched alkanes of at least 4 members (excludes halogenated alkanes) is 13. The van der Waals surface area contributed by atoms with Crippen molar-refractivity contribution < 1.29 is 34.4 Å². The van der Waals surface area contributed by atoms with Crippen LogP contribution in [0.2, 0.25) is 0 Å². The van der Waals surface area contributed by atoms with Gasteiger partial charge >= 0.3 is 11.9 Å². The predicted molar refractivity (Wildman–Crippen MR) is 167 cm³/mol. The molecule has 0 fully saturated rings. The van der Waals surface area contributed by atoms with Gasteiger partial charge in [0.2, 0.25) is 0 Å². The largest absolute Gasteiger partial charge is 0.462 e. The molecule has 3 N–H and O–H groups in total. The van der Waals surface area contributed by atoms with Gasteiger partial charge in [-0.3, -0.25) is 9.59 Å². The Labute approximate surface area is 251 Å². The molecule has 0 aromatic heterocycles. The molecule has 0 aliphatic heterocycles. The molecule has 0 bridgehead atoms. The van der Waals surface area contributed by atoms with Crippen molar-refractivity contribution in [3.05, 3.63) is 12.2 Å². The second-order valence-corrected chi connectivity index (χ2v) is 12.0. The smallest absolute Gasteiger partial charge is 0.306 e. The van der Waals surface area contributed by atoms with E-state index in [0.717, 1.165) is 57.3 Å². The second kappa shape index (κ2) is 28.7. The van der Waals surface area contributed by atoms with Crippen molar-refractivity contribution in [2.75, 3.05) is 13.2 Å². The first-order chi connectivity index (χ1) is 19.8. The standard InChI is InChI=1S/C34H64O7/c1-4-5-6-7-13-18-23-31(36)32(37)24-19-14-11-16-21-26-34(39)41-30(27-35)28-40-33(38)25-20-15-10-8-9-12-17-22-29(2)3/h13,18,29-32,35-37H,4-12,14-17,19-28H2,1-3H3/b18-13-/t30-,31-,32-/m0/s1. The molecule has 0 aromatic rings. The SMILES string of the molecule is CCCCC/C=C\C[C@H](O)[C@@H](O)CCCCCCCC(=O)O[C@@H](CO)COC(=O)CCCCCCCCCC(C)C. The van der Waals surface area contributed by atoms with E-state index in [1.807, 2.05) is 6.08 Å². The van der Waals surface area contributed by atoms with Crippen LogP contribution in [0.1, 0.15) is 156 Å². The van der Waals surface area contributed by atoms with Gasteiger partial charge in [-0.25, -0.2) is 0 Å². The minimum atomic E-state index is -0.823. The molecule has 0 saturated heterocycles. The molecule has 0 radical (unpaired) electrons. The number of esters is 2. The first kappa shape index (κ1) is 39.6. The number of allylic oxidation sites excluding steroid dienone is 1. The lowest BCUT2D eigenvalue weighted by atomic mass is 10.0. The molecule has 242 valence electrons. The maximum absolute atomic E-state index is 12.1. The van der Waals surface area contributed by atoms with Crippen LogP contribution in [0.3, 0.4) is 0 Å². The normalized spacial score (nSPS) is 13.9. The van der Waals surface area contributed by atoms with E-state index >= 15 is 0 Å². The third kappa shape index (κ3) is 27.2. The van der Waals surface area contributed by atoms with Gasteiger partial charge in [-0.2, -0.15) is 0 Å². The number of rotatable bonds is 29. The van der Waals surface area contributed by atoms with Crippen LogP contribution in [-0.4, -0.2) is 58.8 Å². The molecule has 7 heteroatoms. The first-order valence-corrected chi connectivity index (χ1v) is 16.8. The Morgan fingerprint density at radius 1 is 0.683 bits per heavy atom. The monoisotopic (exact) mass is 584 g/mol. The Bertz CT molecular complexity index is 635. The van der Waals surface area contributed by atoms with E-state index in [4.69, 9.17) is 9.47 Å². The van der Waals surface area contributed by atoms with Crippen LogP contribution in [0.15, 0.2) is 12.2 Å². The highest BCUT2D eigenvalue weighted by molar-refractivity contribution is 5.70. The van der Waals surface area contributed by atoms with Crippen LogP contribution in [0.25, 0.3) is 0 Å². The number of carbonyl (C=O) groups excluding carboxylic acids is 2. The van der Waals surface area contributed by atoms with Crippen molar-refractivity contribution in [2.45, 2.75) is 174 Å². The lowest BCUT2D eigenvalue weighted by Gasteiger charge is -2.16. The summed E-state index contributed by atoms with van der Waals surface area (Å²) in [6.45, 7) is 6.21. The van der Waals surface area contributed by atoms with E-state index in [2.05, 4.69) is 26.8 Å². The minimum Gasteiger partial charge on any atom is -0.462 e. The molecule has 0 aliphatic rings. The Morgan fingerprint density at radius 2 is 1.24 bits per heavy atom.